The van der Waals surface area contributed by atoms with Crippen LogP contribution >= 0.6 is 7.37 Å². The van der Waals surface area contributed by atoms with Gasteiger partial charge in [0.1, 0.15) is 5.75 Å². The van der Waals surface area contributed by atoms with Gasteiger partial charge >= 0.3 is 5.97 Å². The summed E-state index contributed by atoms with van der Waals surface area (Å²) in [5, 5.41) is 10.9. The van der Waals surface area contributed by atoms with Crippen LogP contribution in [0.5, 0.6) is 5.75 Å². The highest BCUT2D eigenvalue weighted by atomic mass is 31.2. The van der Waals surface area contributed by atoms with Crippen LogP contribution in [-0.4, -0.2) is 16.0 Å². The highest BCUT2D eigenvalue weighted by Crippen LogP contribution is 2.61. The number of cyclic esters (lactones) is 1. The largest absolute Gasteiger partial charge is 0.507 e. The summed E-state index contributed by atoms with van der Waals surface area (Å²) in [7, 11) is -3.92. The smallest absolute Gasteiger partial charge is 0.339 e. The van der Waals surface area contributed by atoms with E-state index in [1.165, 1.54) is 0 Å². The van der Waals surface area contributed by atoms with Gasteiger partial charge in [0.2, 0.25) is 13.2 Å². The van der Waals surface area contributed by atoms with E-state index in [-0.39, 0.29) is 22.7 Å². The van der Waals surface area contributed by atoms with Crippen molar-refractivity contribution < 1.29 is 24.1 Å². The fourth-order valence-corrected chi connectivity index (χ4v) is 5.49. The van der Waals surface area contributed by atoms with Gasteiger partial charge in [-0.25, -0.2) is 4.79 Å². The number of phenolic OH excluding ortho intramolecular Hbond substituents is 1. The van der Waals surface area contributed by atoms with Gasteiger partial charge in [0.25, 0.3) is 0 Å². The predicted octanol–water partition coefficient (Wildman–Crippen LogP) is 5.63. The van der Waals surface area contributed by atoms with Crippen LogP contribution in [0.15, 0.2) is 36.4 Å². The Kier molecular flexibility index (Phi) is 5.21. The van der Waals surface area contributed by atoms with Crippen LogP contribution in [-0.2, 0) is 26.3 Å². The number of fused-ring (bicyclic) bond motifs is 1. The summed E-state index contributed by atoms with van der Waals surface area (Å²) >= 11 is 0. The number of carbonyl (C=O) groups is 1. The number of benzene rings is 2. The molecule has 2 aromatic rings. The zero-order chi connectivity index (χ0) is 21.8. The molecule has 0 bridgehead atoms. The minimum absolute atomic E-state index is 0.147. The zero-order valence-corrected chi connectivity index (χ0v) is 18.7. The standard InChI is InChI=1S/C23H29O5P/c1-22(2,3)17-11-14(12-18(19(17)24)23(4,5)6)13-29(26,27)21-16-10-8-7-9-15(16)20(25)28-21/h7-12,21,24H,13H2,1-6H3,(H,26,27). The van der Waals surface area contributed by atoms with Crippen molar-refractivity contribution in [3.63, 3.8) is 0 Å². The molecule has 1 aliphatic heterocycles. The third-order valence-corrected chi connectivity index (χ3v) is 7.16. The van der Waals surface area contributed by atoms with Crippen LogP contribution in [0.25, 0.3) is 0 Å². The number of rotatable bonds is 3. The molecule has 2 atom stereocenters. The predicted molar refractivity (Wildman–Crippen MR) is 114 cm³/mol. The Balaban J connectivity index is 2.06. The first-order valence-corrected chi connectivity index (χ1v) is 11.6. The number of esters is 1. The molecule has 2 N–H and O–H groups in total. The second kappa shape index (κ2) is 7.00. The Morgan fingerprint density at radius 3 is 2.03 bits per heavy atom. The Morgan fingerprint density at radius 2 is 1.52 bits per heavy atom. The highest BCUT2D eigenvalue weighted by Gasteiger charge is 2.43. The summed E-state index contributed by atoms with van der Waals surface area (Å²) in [6, 6.07) is 10.3. The molecule has 29 heavy (non-hydrogen) atoms. The van der Waals surface area contributed by atoms with Crippen molar-refractivity contribution in [3.8, 4) is 5.75 Å². The summed E-state index contributed by atoms with van der Waals surface area (Å²) in [4.78, 5) is 23.0. The van der Waals surface area contributed by atoms with E-state index < -0.39 is 19.2 Å². The number of ether oxygens (including phenoxy) is 1. The monoisotopic (exact) mass is 416 g/mol. The number of aromatic hydroxyl groups is 1. The van der Waals surface area contributed by atoms with Crippen LogP contribution < -0.4 is 0 Å². The van der Waals surface area contributed by atoms with Crippen LogP contribution in [0.3, 0.4) is 0 Å². The molecule has 0 saturated carbocycles. The second-order valence-electron chi connectivity index (χ2n) is 9.80. The van der Waals surface area contributed by atoms with E-state index in [1.807, 2.05) is 41.5 Å². The molecule has 1 aliphatic rings. The summed E-state index contributed by atoms with van der Waals surface area (Å²) in [5.41, 5.74) is 2.20. The molecule has 0 aliphatic carbocycles. The number of carbonyl (C=O) groups excluding carboxylic acids is 1. The summed E-state index contributed by atoms with van der Waals surface area (Å²) in [6.07, 6.45) is -0.147. The zero-order valence-electron chi connectivity index (χ0n) is 17.8. The van der Waals surface area contributed by atoms with Gasteiger partial charge in [-0.05, 0) is 33.6 Å². The first-order valence-electron chi connectivity index (χ1n) is 9.70. The van der Waals surface area contributed by atoms with Crippen molar-refractivity contribution in [2.45, 2.75) is 64.4 Å². The van der Waals surface area contributed by atoms with Gasteiger partial charge in [-0.3, -0.25) is 4.57 Å². The molecule has 0 radical (unpaired) electrons. The van der Waals surface area contributed by atoms with Crippen molar-refractivity contribution >= 4 is 13.3 Å². The Labute approximate surface area is 172 Å². The lowest BCUT2D eigenvalue weighted by molar-refractivity contribution is 0.0491. The quantitative estimate of drug-likeness (QED) is 0.501. The van der Waals surface area contributed by atoms with Crippen molar-refractivity contribution in [2.24, 2.45) is 0 Å². The van der Waals surface area contributed by atoms with Crippen LogP contribution in [0.2, 0.25) is 0 Å². The molecular weight excluding hydrogens is 387 g/mol. The summed E-state index contributed by atoms with van der Waals surface area (Å²) in [5.74, 6) is -1.52. The molecule has 0 aromatic heterocycles. The Hall–Kier alpha value is -2.10. The molecule has 1 heterocycles. The van der Waals surface area contributed by atoms with Crippen molar-refractivity contribution in [1.82, 2.24) is 0 Å². The van der Waals surface area contributed by atoms with Crippen molar-refractivity contribution in [2.75, 3.05) is 0 Å². The number of phenols is 1. The van der Waals surface area contributed by atoms with E-state index in [0.29, 0.717) is 16.7 Å². The molecule has 3 rings (SSSR count). The van der Waals surface area contributed by atoms with E-state index in [4.69, 9.17) is 4.74 Å². The third-order valence-electron chi connectivity index (χ3n) is 5.23. The van der Waals surface area contributed by atoms with Crippen LogP contribution in [0.4, 0.5) is 0 Å². The lowest BCUT2D eigenvalue weighted by Gasteiger charge is -2.29. The Bertz CT molecular complexity index is 976. The first kappa shape index (κ1) is 21.6. The minimum Gasteiger partial charge on any atom is -0.507 e. The van der Waals surface area contributed by atoms with E-state index in [2.05, 4.69) is 0 Å². The average molecular weight is 416 g/mol. The molecule has 0 spiro atoms. The van der Waals surface area contributed by atoms with Gasteiger partial charge in [0.05, 0.1) is 11.7 Å². The molecule has 156 valence electrons. The van der Waals surface area contributed by atoms with Gasteiger partial charge in [-0.2, -0.15) is 0 Å². The Morgan fingerprint density at radius 1 is 1.00 bits per heavy atom. The molecule has 2 unspecified atom stereocenters. The summed E-state index contributed by atoms with van der Waals surface area (Å²) < 4.78 is 18.6. The number of hydrogen-bond donors (Lipinski definition) is 2. The van der Waals surface area contributed by atoms with Gasteiger partial charge in [0, 0.05) is 5.56 Å². The van der Waals surface area contributed by atoms with Crippen molar-refractivity contribution in [3.05, 3.63) is 64.2 Å². The molecule has 2 aromatic carbocycles. The van der Waals surface area contributed by atoms with Crippen LogP contribution in [0.1, 0.15) is 80.0 Å². The maximum absolute atomic E-state index is 13.3. The fourth-order valence-electron chi connectivity index (χ4n) is 3.70. The lowest BCUT2D eigenvalue weighted by atomic mass is 9.78. The SMILES string of the molecule is CC(C)(C)c1cc(CP(=O)(O)C2OC(=O)c3ccccc32)cc(C(C)(C)C)c1O. The van der Waals surface area contributed by atoms with E-state index in [0.717, 1.165) is 11.1 Å². The molecule has 0 fully saturated rings. The van der Waals surface area contributed by atoms with Crippen molar-refractivity contribution in [1.29, 1.82) is 0 Å². The maximum Gasteiger partial charge on any atom is 0.339 e. The normalized spacial score (nSPS) is 18.9. The topological polar surface area (TPSA) is 83.8 Å². The van der Waals surface area contributed by atoms with E-state index in [9.17, 15) is 19.4 Å². The lowest BCUT2D eigenvalue weighted by Crippen LogP contribution is -2.18. The third kappa shape index (κ3) is 4.12. The second-order valence-corrected chi connectivity index (χ2v) is 12.1. The van der Waals surface area contributed by atoms with Gasteiger partial charge in [-0.15, -0.1) is 0 Å². The van der Waals surface area contributed by atoms with Gasteiger partial charge in [0.15, 0.2) is 0 Å². The number of hydrogen-bond acceptors (Lipinski definition) is 4. The molecule has 5 nitrogen and oxygen atoms in total. The van der Waals surface area contributed by atoms with Gasteiger partial charge in [-0.1, -0.05) is 71.9 Å². The van der Waals surface area contributed by atoms with E-state index in [1.54, 1.807) is 36.4 Å². The maximum atomic E-state index is 13.3. The molecular formula is C23H29O5P. The molecule has 0 amide bonds. The first-order chi connectivity index (χ1) is 13.2. The van der Waals surface area contributed by atoms with Crippen LogP contribution in [0, 0.1) is 0 Å². The average Bonchev–Trinajstić information content (AvgIpc) is 2.92. The summed E-state index contributed by atoms with van der Waals surface area (Å²) in [6.45, 7) is 12.0. The highest BCUT2D eigenvalue weighted by molar-refractivity contribution is 7.57. The minimum atomic E-state index is -3.92. The fraction of sp³-hybridized carbons (Fsp3) is 0.435. The molecule has 0 saturated heterocycles. The van der Waals surface area contributed by atoms with E-state index >= 15 is 0 Å². The molecule has 6 heteroatoms. The van der Waals surface area contributed by atoms with Gasteiger partial charge < -0.3 is 14.7 Å².